The first kappa shape index (κ1) is 20.6. The van der Waals surface area contributed by atoms with E-state index in [2.05, 4.69) is 19.9 Å². The molecule has 0 radical (unpaired) electrons. The third-order valence-electron chi connectivity index (χ3n) is 4.44. The lowest BCUT2D eigenvalue weighted by molar-refractivity contribution is -0.133. The molecule has 0 N–H and O–H groups in total. The molecule has 0 aliphatic rings. The van der Waals surface area contributed by atoms with Crippen molar-refractivity contribution in [1.82, 2.24) is 4.90 Å². The average Bonchev–Trinajstić information content (AvgIpc) is 2.70. The second kappa shape index (κ2) is 9.86. The standard InChI is InChI=1S/C22H29NO4/c1-6-23(14-17-10-11-20(25-4)21(12-17)26-5)22(24)15-27-19-9-7-8-18(13-19)16(2)3/h7-13,16H,6,14-15H2,1-5H3. The maximum Gasteiger partial charge on any atom is 0.260 e. The van der Waals surface area contributed by atoms with Crippen LogP contribution in [0.1, 0.15) is 37.8 Å². The normalized spacial score (nSPS) is 10.6. The highest BCUT2D eigenvalue weighted by atomic mass is 16.5. The number of nitrogens with zero attached hydrogens (tertiary/aromatic N) is 1. The van der Waals surface area contributed by atoms with Gasteiger partial charge in [-0.2, -0.15) is 0 Å². The van der Waals surface area contributed by atoms with Gasteiger partial charge in [0.15, 0.2) is 18.1 Å². The van der Waals surface area contributed by atoms with E-state index in [4.69, 9.17) is 14.2 Å². The van der Waals surface area contributed by atoms with E-state index in [0.717, 1.165) is 11.3 Å². The Morgan fingerprint density at radius 2 is 1.78 bits per heavy atom. The molecule has 2 aromatic rings. The Balaban J connectivity index is 2.00. The summed E-state index contributed by atoms with van der Waals surface area (Å²) in [4.78, 5) is 14.4. The molecule has 0 aliphatic carbocycles. The van der Waals surface area contributed by atoms with Crippen molar-refractivity contribution in [1.29, 1.82) is 0 Å². The number of carbonyl (C=O) groups is 1. The van der Waals surface area contributed by atoms with Crippen LogP contribution in [0.25, 0.3) is 0 Å². The van der Waals surface area contributed by atoms with Gasteiger partial charge >= 0.3 is 0 Å². The summed E-state index contributed by atoms with van der Waals surface area (Å²) in [7, 11) is 3.20. The Hall–Kier alpha value is -2.69. The topological polar surface area (TPSA) is 48.0 Å². The third-order valence-corrected chi connectivity index (χ3v) is 4.44. The summed E-state index contributed by atoms with van der Waals surface area (Å²) in [6.07, 6.45) is 0. The highest BCUT2D eigenvalue weighted by molar-refractivity contribution is 5.77. The molecule has 2 rings (SSSR count). The van der Waals surface area contributed by atoms with Crippen molar-refractivity contribution in [3.63, 3.8) is 0 Å². The van der Waals surface area contributed by atoms with Gasteiger partial charge in [0.25, 0.3) is 5.91 Å². The van der Waals surface area contributed by atoms with E-state index in [-0.39, 0.29) is 12.5 Å². The zero-order valence-corrected chi connectivity index (χ0v) is 16.8. The van der Waals surface area contributed by atoms with Gasteiger partial charge in [0.05, 0.1) is 14.2 Å². The van der Waals surface area contributed by atoms with Crippen LogP contribution in [0.4, 0.5) is 0 Å². The first-order valence-corrected chi connectivity index (χ1v) is 9.19. The molecule has 0 bridgehead atoms. The molecule has 5 heteroatoms. The smallest absolute Gasteiger partial charge is 0.260 e. The third kappa shape index (κ3) is 5.64. The van der Waals surface area contributed by atoms with Crippen molar-refractivity contribution < 1.29 is 19.0 Å². The molecule has 0 saturated heterocycles. The zero-order chi connectivity index (χ0) is 19.8. The lowest BCUT2D eigenvalue weighted by Crippen LogP contribution is -2.34. The molecule has 2 aromatic carbocycles. The minimum atomic E-state index is -0.0535. The highest BCUT2D eigenvalue weighted by Crippen LogP contribution is 2.28. The molecule has 0 unspecified atom stereocenters. The van der Waals surface area contributed by atoms with Crippen molar-refractivity contribution >= 4 is 5.91 Å². The second-order valence-electron chi connectivity index (χ2n) is 6.61. The number of methoxy groups -OCH3 is 2. The Morgan fingerprint density at radius 3 is 2.41 bits per heavy atom. The van der Waals surface area contributed by atoms with E-state index in [1.807, 2.05) is 43.3 Å². The molecule has 0 aromatic heterocycles. The molecule has 1 amide bonds. The number of rotatable bonds is 9. The maximum atomic E-state index is 12.6. The Labute approximate surface area is 161 Å². The number of hydrogen-bond donors (Lipinski definition) is 0. The number of carbonyl (C=O) groups excluding carboxylic acids is 1. The fraction of sp³-hybridized carbons (Fsp3) is 0.409. The summed E-state index contributed by atoms with van der Waals surface area (Å²) in [5.41, 5.74) is 2.17. The van der Waals surface area contributed by atoms with Gasteiger partial charge in [-0.05, 0) is 48.2 Å². The van der Waals surface area contributed by atoms with Crippen molar-refractivity contribution in [2.45, 2.75) is 33.2 Å². The summed E-state index contributed by atoms with van der Waals surface area (Å²) in [6.45, 7) is 7.33. The van der Waals surface area contributed by atoms with E-state index in [1.54, 1.807) is 19.1 Å². The zero-order valence-electron chi connectivity index (χ0n) is 16.8. The van der Waals surface area contributed by atoms with Crippen LogP contribution in [-0.4, -0.2) is 38.2 Å². The predicted molar refractivity (Wildman–Crippen MR) is 107 cm³/mol. The molecule has 0 spiro atoms. The van der Waals surface area contributed by atoms with Gasteiger partial charge in [-0.25, -0.2) is 0 Å². The summed E-state index contributed by atoms with van der Waals surface area (Å²) < 4.78 is 16.3. The molecule has 5 nitrogen and oxygen atoms in total. The molecule has 0 atom stereocenters. The van der Waals surface area contributed by atoms with Gasteiger partial charge < -0.3 is 19.1 Å². The highest BCUT2D eigenvalue weighted by Gasteiger charge is 2.15. The van der Waals surface area contributed by atoms with Crippen molar-refractivity contribution in [3.8, 4) is 17.2 Å². The van der Waals surface area contributed by atoms with Gasteiger partial charge in [0, 0.05) is 13.1 Å². The van der Waals surface area contributed by atoms with E-state index >= 15 is 0 Å². The van der Waals surface area contributed by atoms with E-state index in [9.17, 15) is 4.79 Å². The summed E-state index contributed by atoms with van der Waals surface area (Å²) >= 11 is 0. The van der Waals surface area contributed by atoms with Crippen LogP contribution in [0.3, 0.4) is 0 Å². The van der Waals surface area contributed by atoms with Crippen LogP contribution in [0.2, 0.25) is 0 Å². The number of benzene rings is 2. The van der Waals surface area contributed by atoms with E-state index < -0.39 is 0 Å². The molecule has 0 heterocycles. The average molecular weight is 371 g/mol. The lowest BCUT2D eigenvalue weighted by Gasteiger charge is -2.22. The van der Waals surface area contributed by atoms with E-state index in [1.165, 1.54) is 5.56 Å². The van der Waals surface area contributed by atoms with Crippen LogP contribution in [0.15, 0.2) is 42.5 Å². The molecular formula is C22H29NO4. The maximum absolute atomic E-state index is 12.6. The largest absolute Gasteiger partial charge is 0.493 e. The quantitative estimate of drug-likeness (QED) is 0.661. The molecule has 0 fully saturated rings. The number of likely N-dealkylation sites (N-methyl/N-ethyl adjacent to an activating group) is 1. The van der Waals surface area contributed by atoms with Gasteiger partial charge in [0.1, 0.15) is 5.75 Å². The van der Waals surface area contributed by atoms with E-state index in [0.29, 0.717) is 30.5 Å². The van der Waals surface area contributed by atoms with Crippen LogP contribution >= 0.6 is 0 Å². The van der Waals surface area contributed by atoms with Gasteiger partial charge in [-0.3, -0.25) is 4.79 Å². The monoisotopic (exact) mass is 371 g/mol. The number of ether oxygens (including phenoxy) is 3. The van der Waals surface area contributed by atoms with Crippen molar-refractivity contribution in [3.05, 3.63) is 53.6 Å². The van der Waals surface area contributed by atoms with Crippen LogP contribution in [0, 0.1) is 0 Å². The van der Waals surface area contributed by atoms with Crippen molar-refractivity contribution in [2.75, 3.05) is 27.4 Å². The fourth-order valence-corrected chi connectivity index (χ4v) is 2.78. The molecule has 146 valence electrons. The number of amides is 1. The number of hydrogen-bond acceptors (Lipinski definition) is 4. The van der Waals surface area contributed by atoms with Gasteiger partial charge in [-0.15, -0.1) is 0 Å². The lowest BCUT2D eigenvalue weighted by atomic mass is 10.0. The second-order valence-corrected chi connectivity index (χ2v) is 6.61. The summed E-state index contributed by atoms with van der Waals surface area (Å²) in [5.74, 6) is 2.41. The first-order chi connectivity index (χ1) is 13.0. The van der Waals surface area contributed by atoms with Crippen molar-refractivity contribution in [2.24, 2.45) is 0 Å². The van der Waals surface area contributed by atoms with Gasteiger partial charge in [-0.1, -0.05) is 32.0 Å². The minimum Gasteiger partial charge on any atom is -0.493 e. The summed E-state index contributed by atoms with van der Waals surface area (Å²) in [5, 5.41) is 0. The van der Waals surface area contributed by atoms with Gasteiger partial charge in [0.2, 0.25) is 0 Å². The fourth-order valence-electron chi connectivity index (χ4n) is 2.78. The predicted octanol–water partition coefficient (Wildman–Crippen LogP) is 4.25. The minimum absolute atomic E-state index is 0.0165. The molecule has 27 heavy (non-hydrogen) atoms. The SMILES string of the molecule is CCN(Cc1ccc(OC)c(OC)c1)C(=O)COc1cccc(C(C)C)c1. The first-order valence-electron chi connectivity index (χ1n) is 9.19. The Kier molecular flexibility index (Phi) is 7.53. The summed E-state index contributed by atoms with van der Waals surface area (Å²) in [6, 6.07) is 13.6. The van der Waals surface area contributed by atoms with Crippen LogP contribution in [0.5, 0.6) is 17.2 Å². The molecule has 0 saturated carbocycles. The molecule has 0 aliphatic heterocycles. The Morgan fingerprint density at radius 1 is 1.04 bits per heavy atom. The van der Waals surface area contributed by atoms with Crippen LogP contribution < -0.4 is 14.2 Å². The molecular weight excluding hydrogens is 342 g/mol. The Bertz CT molecular complexity index is 758. The van der Waals surface area contributed by atoms with Crippen LogP contribution in [-0.2, 0) is 11.3 Å².